The van der Waals surface area contributed by atoms with Gasteiger partial charge in [0.25, 0.3) is 0 Å². The van der Waals surface area contributed by atoms with Crippen LogP contribution in [0.15, 0.2) is 41.0 Å². The van der Waals surface area contributed by atoms with Crippen molar-refractivity contribution in [2.24, 2.45) is 0 Å². The number of hydrogen-bond acceptors (Lipinski definition) is 2. The van der Waals surface area contributed by atoms with Crippen molar-refractivity contribution >= 4 is 15.9 Å². The Kier molecular flexibility index (Phi) is 3.49. The molecule has 1 heterocycles. The fourth-order valence-corrected chi connectivity index (χ4v) is 1.67. The van der Waals surface area contributed by atoms with Crippen molar-refractivity contribution in [3.8, 4) is 0 Å². The lowest BCUT2D eigenvalue weighted by Crippen LogP contribution is -2.05. The van der Waals surface area contributed by atoms with Crippen LogP contribution in [0, 0.1) is 11.6 Å². The monoisotopic (exact) mass is 299 g/mol. The van der Waals surface area contributed by atoms with Gasteiger partial charge in [-0.15, -0.1) is 0 Å². The van der Waals surface area contributed by atoms with E-state index in [1.165, 1.54) is 6.20 Å². The van der Waals surface area contributed by atoms with Gasteiger partial charge in [-0.25, -0.2) is 8.78 Å². The van der Waals surface area contributed by atoms with Gasteiger partial charge in [-0.3, -0.25) is 4.98 Å². The number of aliphatic hydroxyl groups is 1. The van der Waals surface area contributed by atoms with Gasteiger partial charge in [0.05, 0.1) is 5.69 Å². The normalized spacial score (nSPS) is 12.5. The number of aromatic nitrogens is 1. The number of hydrogen-bond donors (Lipinski definition) is 1. The van der Waals surface area contributed by atoms with Gasteiger partial charge in [0, 0.05) is 16.2 Å². The first-order valence-electron chi connectivity index (χ1n) is 4.82. The Balaban J connectivity index is 2.39. The molecule has 0 radical (unpaired) electrons. The summed E-state index contributed by atoms with van der Waals surface area (Å²) < 4.78 is 27.1. The first kappa shape index (κ1) is 12.1. The Labute approximate surface area is 105 Å². The van der Waals surface area contributed by atoms with Crippen molar-refractivity contribution in [3.63, 3.8) is 0 Å². The minimum absolute atomic E-state index is 0.125. The fraction of sp³-hybridized carbons (Fsp3) is 0.0833. The van der Waals surface area contributed by atoms with Crippen LogP contribution in [0.4, 0.5) is 8.78 Å². The highest BCUT2D eigenvalue weighted by Gasteiger charge is 2.16. The highest BCUT2D eigenvalue weighted by Crippen LogP contribution is 2.24. The highest BCUT2D eigenvalue weighted by atomic mass is 79.9. The fourth-order valence-electron chi connectivity index (χ4n) is 1.43. The third kappa shape index (κ3) is 2.68. The van der Waals surface area contributed by atoms with E-state index in [0.717, 1.165) is 22.7 Å². The minimum atomic E-state index is -1.28. The first-order chi connectivity index (χ1) is 8.08. The molecule has 0 fully saturated rings. The van der Waals surface area contributed by atoms with E-state index < -0.39 is 17.7 Å². The van der Waals surface area contributed by atoms with Gasteiger partial charge in [0.15, 0.2) is 0 Å². The van der Waals surface area contributed by atoms with Gasteiger partial charge >= 0.3 is 0 Å². The summed E-state index contributed by atoms with van der Waals surface area (Å²) in [6.45, 7) is 0. The lowest BCUT2D eigenvalue weighted by Gasteiger charge is -2.11. The van der Waals surface area contributed by atoms with Crippen LogP contribution in [0.2, 0.25) is 0 Å². The van der Waals surface area contributed by atoms with Gasteiger partial charge in [-0.1, -0.05) is 0 Å². The number of halogens is 3. The third-order valence-electron chi connectivity index (χ3n) is 2.28. The molecule has 0 amide bonds. The average molecular weight is 300 g/mol. The topological polar surface area (TPSA) is 33.1 Å². The maximum absolute atomic E-state index is 13.4. The van der Waals surface area contributed by atoms with Crippen molar-refractivity contribution in [1.82, 2.24) is 4.98 Å². The molecule has 2 aromatic rings. The van der Waals surface area contributed by atoms with Crippen LogP contribution >= 0.6 is 15.9 Å². The zero-order chi connectivity index (χ0) is 12.4. The molecule has 2 rings (SSSR count). The molecule has 17 heavy (non-hydrogen) atoms. The molecule has 1 unspecified atom stereocenters. The second-order valence-corrected chi connectivity index (χ2v) is 4.39. The molecule has 0 bridgehead atoms. The molecule has 1 atom stereocenters. The number of nitrogens with zero attached hydrogens (tertiary/aromatic N) is 1. The van der Waals surface area contributed by atoms with E-state index in [9.17, 15) is 13.9 Å². The number of benzene rings is 1. The highest BCUT2D eigenvalue weighted by molar-refractivity contribution is 9.10. The van der Waals surface area contributed by atoms with E-state index in [0.29, 0.717) is 0 Å². The standard InChI is InChI=1S/C12H8BrF2NO/c13-7-1-4-11(16-6-7)12(17)9-5-8(14)2-3-10(9)15/h1-6,12,17H. The molecule has 1 N–H and O–H groups in total. The molecule has 0 aliphatic carbocycles. The van der Waals surface area contributed by atoms with Crippen LogP contribution in [0.3, 0.4) is 0 Å². The lowest BCUT2D eigenvalue weighted by atomic mass is 10.1. The molecule has 88 valence electrons. The number of rotatable bonds is 2. The van der Waals surface area contributed by atoms with Crippen LogP contribution in [0.25, 0.3) is 0 Å². The van der Waals surface area contributed by atoms with Crippen molar-refractivity contribution in [1.29, 1.82) is 0 Å². The number of pyridine rings is 1. The summed E-state index contributed by atoms with van der Waals surface area (Å²) in [6, 6.07) is 6.15. The first-order valence-corrected chi connectivity index (χ1v) is 5.61. The van der Waals surface area contributed by atoms with E-state index in [2.05, 4.69) is 20.9 Å². The Morgan fingerprint density at radius 2 is 1.94 bits per heavy atom. The van der Waals surface area contributed by atoms with E-state index in [1.807, 2.05) is 0 Å². The van der Waals surface area contributed by atoms with Crippen molar-refractivity contribution < 1.29 is 13.9 Å². The summed E-state index contributed by atoms with van der Waals surface area (Å²) in [5.74, 6) is -1.26. The molecule has 0 aliphatic heterocycles. The van der Waals surface area contributed by atoms with E-state index in [1.54, 1.807) is 12.1 Å². The third-order valence-corrected chi connectivity index (χ3v) is 2.75. The maximum atomic E-state index is 13.4. The van der Waals surface area contributed by atoms with E-state index in [-0.39, 0.29) is 11.3 Å². The molecular weight excluding hydrogens is 292 g/mol. The predicted molar refractivity (Wildman–Crippen MR) is 62.4 cm³/mol. The largest absolute Gasteiger partial charge is 0.382 e. The summed E-state index contributed by atoms with van der Waals surface area (Å²) in [7, 11) is 0. The molecule has 0 spiro atoms. The Hall–Kier alpha value is -1.33. The molecule has 1 aromatic heterocycles. The van der Waals surface area contributed by atoms with Crippen molar-refractivity contribution in [2.75, 3.05) is 0 Å². The lowest BCUT2D eigenvalue weighted by molar-refractivity contribution is 0.209. The Morgan fingerprint density at radius 3 is 2.59 bits per heavy atom. The predicted octanol–water partition coefficient (Wildman–Crippen LogP) is 3.20. The molecular formula is C12H8BrF2NO. The van der Waals surface area contributed by atoms with Crippen LogP contribution < -0.4 is 0 Å². The summed E-state index contributed by atoms with van der Waals surface area (Å²) in [5.41, 5.74) is 0.137. The van der Waals surface area contributed by atoms with Gasteiger partial charge in [0.1, 0.15) is 17.7 Å². The summed E-state index contributed by atoms with van der Waals surface area (Å²) in [6.07, 6.45) is 0.203. The zero-order valence-electron chi connectivity index (χ0n) is 8.57. The van der Waals surface area contributed by atoms with Crippen LogP contribution in [0.5, 0.6) is 0 Å². The molecule has 2 nitrogen and oxygen atoms in total. The van der Waals surface area contributed by atoms with Crippen LogP contribution in [-0.2, 0) is 0 Å². The average Bonchev–Trinajstić information content (AvgIpc) is 2.32. The van der Waals surface area contributed by atoms with Crippen molar-refractivity contribution in [2.45, 2.75) is 6.10 Å². The maximum Gasteiger partial charge on any atom is 0.129 e. The quantitative estimate of drug-likeness (QED) is 0.924. The smallest absolute Gasteiger partial charge is 0.129 e. The molecule has 0 saturated carbocycles. The zero-order valence-corrected chi connectivity index (χ0v) is 10.2. The van der Waals surface area contributed by atoms with Crippen LogP contribution in [0.1, 0.15) is 17.4 Å². The second-order valence-electron chi connectivity index (χ2n) is 3.47. The minimum Gasteiger partial charge on any atom is -0.382 e. The van der Waals surface area contributed by atoms with E-state index in [4.69, 9.17) is 0 Å². The molecule has 5 heteroatoms. The molecule has 0 saturated heterocycles. The number of aliphatic hydroxyl groups excluding tert-OH is 1. The molecule has 1 aromatic carbocycles. The summed E-state index contributed by atoms with van der Waals surface area (Å²) in [4.78, 5) is 3.94. The summed E-state index contributed by atoms with van der Waals surface area (Å²) >= 11 is 3.20. The summed E-state index contributed by atoms with van der Waals surface area (Å²) in [5, 5.41) is 9.90. The van der Waals surface area contributed by atoms with Gasteiger partial charge in [-0.2, -0.15) is 0 Å². The second kappa shape index (κ2) is 4.89. The molecule has 0 aliphatic rings. The SMILES string of the molecule is OC(c1ccc(Br)cn1)c1cc(F)ccc1F. The van der Waals surface area contributed by atoms with E-state index >= 15 is 0 Å². The van der Waals surface area contributed by atoms with Crippen LogP contribution in [-0.4, -0.2) is 10.1 Å². The van der Waals surface area contributed by atoms with Gasteiger partial charge < -0.3 is 5.11 Å². The Bertz CT molecular complexity index is 531. The van der Waals surface area contributed by atoms with Gasteiger partial charge in [0.2, 0.25) is 0 Å². The van der Waals surface area contributed by atoms with Gasteiger partial charge in [-0.05, 0) is 46.3 Å². The Morgan fingerprint density at radius 1 is 1.18 bits per heavy atom. The van der Waals surface area contributed by atoms with Crippen molar-refractivity contribution in [3.05, 3.63) is 63.9 Å².